The molecule has 0 spiro atoms. The summed E-state index contributed by atoms with van der Waals surface area (Å²) in [5.41, 5.74) is -0.398. The predicted octanol–water partition coefficient (Wildman–Crippen LogP) is 3.90. The molecule has 2 radical (unpaired) electrons. The highest BCUT2D eigenvalue weighted by Crippen LogP contribution is 2.55. The Morgan fingerprint density at radius 3 is 1.86 bits per heavy atom. The molecule has 1 aliphatic carbocycles. The molecule has 0 bridgehead atoms. The summed E-state index contributed by atoms with van der Waals surface area (Å²) in [5, 5.41) is 11.8. The third-order valence-corrected chi connectivity index (χ3v) is 7.68. The van der Waals surface area contributed by atoms with Crippen molar-refractivity contribution in [3.8, 4) is 0 Å². The van der Waals surface area contributed by atoms with E-state index in [4.69, 9.17) is 13.0 Å². The Balaban J connectivity index is 3.65. The molecule has 0 aromatic heterocycles. The molecule has 0 aromatic carbocycles. The molecule has 6 nitrogen and oxygen atoms in total. The Kier molecular flexibility index (Phi) is 8.82. The molecule has 1 saturated carbocycles. The summed E-state index contributed by atoms with van der Waals surface area (Å²) in [6, 6.07) is 0. The van der Waals surface area contributed by atoms with Gasteiger partial charge < -0.3 is 14.0 Å². The normalized spacial score (nSPS) is 32.2. The first-order valence-electron chi connectivity index (χ1n) is 10.3. The second kappa shape index (κ2) is 9.38. The van der Waals surface area contributed by atoms with Crippen LogP contribution in [0.2, 0.25) is 26.2 Å². The molecule has 1 N–H and O–H groups in total. The second-order valence-corrected chi connectivity index (χ2v) is 16.7. The summed E-state index contributed by atoms with van der Waals surface area (Å²) in [6.07, 6.45) is 0.784. The molecule has 0 heterocycles. The molecule has 1 aliphatic rings. The van der Waals surface area contributed by atoms with Crippen molar-refractivity contribution in [2.75, 3.05) is 12.9 Å². The first-order valence-corrected chi connectivity index (χ1v) is 16.9. The molecule has 0 aromatic rings. The first kappa shape index (κ1) is 27.3. The average Bonchev–Trinajstić information content (AvgIpc) is 2.40. The molecular formula is C20H42O6SSi2. The van der Waals surface area contributed by atoms with E-state index < -0.39 is 46.0 Å². The van der Waals surface area contributed by atoms with Crippen LogP contribution in [-0.2, 0) is 23.2 Å². The smallest absolute Gasteiger partial charge is 0.264 e. The molecule has 9 heteroatoms. The van der Waals surface area contributed by atoms with Gasteiger partial charge in [-0.05, 0) is 48.9 Å². The van der Waals surface area contributed by atoms with Crippen LogP contribution in [0.5, 0.6) is 0 Å². The van der Waals surface area contributed by atoms with Gasteiger partial charge in [0.15, 0.2) is 5.79 Å². The van der Waals surface area contributed by atoms with Crippen LogP contribution in [0.4, 0.5) is 0 Å². The molecule has 0 aliphatic heterocycles. The topological polar surface area (TPSA) is 82.1 Å². The zero-order valence-corrected chi connectivity index (χ0v) is 22.9. The van der Waals surface area contributed by atoms with Crippen molar-refractivity contribution in [2.45, 2.75) is 86.0 Å². The van der Waals surface area contributed by atoms with Gasteiger partial charge in [-0.1, -0.05) is 41.5 Å². The van der Waals surface area contributed by atoms with Crippen LogP contribution in [0, 0.1) is 28.6 Å². The van der Waals surface area contributed by atoms with Gasteiger partial charge in [-0.2, -0.15) is 8.42 Å². The zero-order valence-electron chi connectivity index (χ0n) is 20.1. The SMILES string of the molecule is C[Si](C)OCC1[C@H](OS(C)(=O)=O)[C@@H](C(C)(C)C)[C@@H](C(C)(C)C)C[C@]1(O)O[Si](C)C. The van der Waals surface area contributed by atoms with Crippen LogP contribution in [-0.4, -0.2) is 56.4 Å². The van der Waals surface area contributed by atoms with Crippen molar-refractivity contribution in [1.29, 1.82) is 0 Å². The Morgan fingerprint density at radius 2 is 1.52 bits per heavy atom. The van der Waals surface area contributed by atoms with E-state index in [1.54, 1.807) is 0 Å². The van der Waals surface area contributed by atoms with Crippen LogP contribution in [0.1, 0.15) is 48.0 Å². The summed E-state index contributed by atoms with van der Waals surface area (Å²) < 4.78 is 42.4. The Bertz CT molecular complexity index is 638. The minimum Gasteiger partial charge on any atom is -0.417 e. The third kappa shape index (κ3) is 7.69. The lowest BCUT2D eigenvalue weighted by atomic mass is 9.54. The second-order valence-electron chi connectivity index (χ2n) is 11.0. The van der Waals surface area contributed by atoms with Gasteiger partial charge in [0, 0.05) is 13.0 Å². The van der Waals surface area contributed by atoms with E-state index in [-0.39, 0.29) is 29.3 Å². The van der Waals surface area contributed by atoms with Crippen LogP contribution < -0.4 is 0 Å². The van der Waals surface area contributed by atoms with E-state index >= 15 is 0 Å². The van der Waals surface area contributed by atoms with Gasteiger partial charge in [0.05, 0.1) is 18.3 Å². The largest absolute Gasteiger partial charge is 0.417 e. The molecule has 1 fully saturated rings. The lowest BCUT2D eigenvalue weighted by molar-refractivity contribution is -0.269. The summed E-state index contributed by atoms with van der Waals surface area (Å²) in [7, 11) is -6.03. The van der Waals surface area contributed by atoms with Gasteiger partial charge in [-0.15, -0.1) is 0 Å². The number of rotatable bonds is 7. The highest BCUT2D eigenvalue weighted by Gasteiger charge is 2.60. The molecular weight excluding hydrogens is 424 g/mol. The van der Waals surface area contributed by atoms with Gasteiger partial charge in [-0.3, -0.25) is 4.18 Å². The molecule has 172 valence electrons. The van der Waals surface area contributed by atoms with Crippen molar-refractivity contribution < 1.29 is 26.6 Å². The Morgan fingerprint density at radius 1 is 1.00 bits per heavy atom. The van der Waals surface area contributed by atoms with Gasteiger partial charge in [0.25, 0.3) is 10.1 Å². The summed E-state index contributed by atoms with van der Waals surface area (Å²) in [5.74, 6) is -2.15. The van der Waals surface area contributed by atoms with Crippen molar-refractivity contribution in [3.05, 3.63) is 0 Å². The van der Waals surface area contributed by atoms with E-state index in [0.29, 0.717) is 6.42 Å². The van der Waals surface area contributed by atoms with Crippen LogP contribution in [0.15, 0.2) is 0 Å². The van der Waals surface area contributed by atoms with Crippen molar-refractivity contribution in [2.24, 2.45) is 28.6 Å². The minimum atomic E-state index is -3.74. The van der Waals surface area contributed by atoms with Crippen molar-refractivity contribution >= 4 is 28.2 Å². The Hall–Kier alpha value is 0.224. The highest BCUT2D eigenvalue weighted by molar-refractivity contribution is 7.86. The molecule has 0 saturated heterocycles. The monoisotopic (exact) mass is 466 g/mol. The van der Waals surface area contributed by atoms with Crippen LogP contribution in [0.25, 0.3) is 0 Å². The third-order valence-electron chi connectivity index (χ3n) is 5.61. The van der Waals surface area contributed by atoms with Crippen molar-refractivity contribution in [3.63, 3.8) is 0 Å². The average molecular weight is 467 g/mol. The van der Waals surface area contributed by atoms with Gasteiger partial charge in [0.2, 0.25) is 18.1 Å². The van der Waals surface area contributed by atoms with E-state index in [2.05, 4.69) is 41.5 Å². The highest BCUT2D eigenvalue weighted by atomic mass is 32.2. The minimum absolute atomic E-state index is 0.00452. The molecule has 1 rings (SSSR count). The maximum absolute atomic E-state index is 12.3. The van der Waals surface area contributed by atoms with E-state index in [1.807, 2.05) is 26.2 Å². The van der Waals surface area contributed by atoms with Gasteiger partial charge in [-0.25, -0.2) is 0 Å². The lowest BCUT2D eigenvalue weighted by Gasteiger charge is -2.57. The van der Waals surface area contributed by atoms with Crippen molar-refractivity contribution in [1.82, 2.24) is 0 Å². The summed E-state index contributed by atoms with van der Waals surface area (Å²) in [6.45, 7) is 21.0. The quantitative estimate of drug-likeness (QED) is 0.348. The standard InChI is InChI=1S/C20H42O6SSi2/c1-18(2,3)14-12-20(21,26-29(10)11)15(13-24-28(8)9)17(25-27(7,22)23)16(14)19(4,5)6/h14-17,21H,12-13H2,1-11H3/t14-,15?,16-,17-,20-/m0/s1. The number of hydrogen-bond acceptors (Lipinski definition) is 6. The van der Waals surface area contributed by atoms with Crippen LogP contribution in [0.3, 0.4) is 0 Å². The van der Waals surface area contributed by atoms with Gasteiger partial charge in [0.1, 0.15) is 0 Å². The van der Waals surface area contributed by atoms with Gasteiger partial charge >= 0.3 is 0 Å². The summed E-state index contributed by atoms with van der Waals surface area (Å²) >= 11 is 0. The fourth-order valence-corrected chi connectivity index (χ4v) is 6.66. The molecule has 5 atom stereocenters. The Labute approximate surface area is 182 Å². The zero-order chi connectivity index (χ0) is 23.0. The molecule has 0 amide bonds. The van der Waals surface area contributed by atoms with Crippen LogP contribution >= 0.6 is 0 Å². The predicted molar refractivity (Wildman–Crippen MR) is 121 cm³/mol. The number of hydrogen-bond donors (Lipinski definition) is 1. The van der Waals surface area contributed by atoms with E-state index in [0.717, 1.165) is 6.26 Å². The fraction of sp³-hybridized carbons (Fsp3) is 1.00. The summed E-state index contributed by atoms with van der Waals surface area (Å²) in [4.78, 5) is 0. The van der Waals surface area contributed by atoms with E-state index in [9.17, 15) is 13.5 Å². The maximum Gasteiger partial charge on any atom is 0.264 e. The van der Waals surface area contributed by atoms with E-state index in [1.165, 1.54) is 0 Å². The molecule has 29 heavy (non-hydrogen) atoms. The first-order chi connectivity index (χ1) is 12.8. The fourth-order valence-electron chi connectivity index (χ4n) is 4.55. The number of aliphatic hydroxyl groups is 1. The molecule has 1 unspecified atom stereocenters. The maximum atomic E-state index is 12.3. The lowest BCUT2D eigenvalue weighted by Crippen LogP contribution is -2.64.